The van der Waals surface area contributed by atoms with Gasteiger partial charge in [0.1, 0.15) is 11.5 Å². The normalized spacial score (nSPS) is 27.6. The molecule has 0 spiro atoms. The Bertz CT molecular complexity index is 661. The van der Waals surface area contributed by atoms with E-state index in [4.69, 9.17) is 14.2 Å². The van der Waals surface area contributed by atoms with E-state index >= 15 is 0 Å². The average Bonchev–Trinajstić information content (AvgIpc) is 2.97. The molecule has 2 rings (SSSR count). The largest absolute Gasteiger partial charge is 0.468 e. The van der Waals surface area contributed by atoms with E-state index in [9.17, 15) is 14.4 Å². The van der Waals surface area contributed by atoms with Gasteiger partial charge in [0.2, 0.25) is 0 Å². The van der Waals surface area contributed by atoms with E-state index in [1.807, 2.05) is 30.3 Å². The van der Waals surface area contributed by atoms with Crippen LogP contribution in [-0.4, -0.2) is 43.8 Å². The maximum Gasteiger partial charge on any atom is 0.326 e. The van der Waals surface area contributed by atoms with E-state index in [1.54, 1.807) is 20.8 Å². The summed E-state index contributed by atoms with van der Waals surface area (Å²) < 4.78 is 15.3. The van der Waals surface area contributed by atoms with E-state index in [0.29, 0.717) is 0 Å². The highest BCUT2D eigenvalue weighted by Crippen LogP contribution is 2.45. The zero-order chi connectivity index (χ0) is 19.3. The molecule has 1 aliphatic heterocycles. The molecule has 0 amide bonds. The minimum absolute atomic E-state index is 0.137. The van der Waals surface area contributed by atoms with Crippen LogP contribution < -0.4 is 5.32 Å². The standard InChI is InChI=1S/C19H25NO6/c1-5-25-16(21)13-14(17(22)26-6-2)19(3,18(23)24-4)20-15(13)12-10-8-7-9-11-12/h7-11,13-15,20H,5-6H2,1-4H3/t13-,14-,15-,19-/m0/s1. The summed E-state index contributed by atoms with van der Waals surface area (Å²) in [7, 11) is 1.24. The van der Waals surface area contributed by atoms with Gasteiger partial charge in [-0.15, -0.1) is 0 Å². The van der Waals surface area contributed by atoms with Crippen LogP contribution >= 0.6 is 0 Å². The van der Waals surface area contributed by atoms with Crippen LogP contribution in [0.15, 0.2) is 30.3 Å². The van der Waals surface area contributed by atoms with Gasteiger partial charge in [0.05, 0.1) is 26.2 Å². The molecule has 4 atom stereocenters. The Kier molecular flexibility index (Phi) is 6.37. The zero-order valence-electron chi connectivity index (χ0n) is 15.5. The minimum atomic E-state index is -1.42. The Hall–Kier alpha value is -2.41. The van der Waals surface area contributed by atoms with E-state index in [0.717, 1.165) is 5.56 Å². The SMILES string of the molecule is CCOC(=O)[C@H]1[C@@H](C(=O)OCC)[C@@](C)(C(=O)OC)N[C@H]1c1ccccc1. The molecule has 0 unspecified atom stereocenters. The van der Waals surface area contributed by atoms with E-state index in [1.165, 1.54) is 7.11 Å². The van der Waals surface area contributed by atoms with Crippen LogP contribution in [0.4, 0.5) is 0 Å². The number of hydrogen-bond donors (Lipinski definition) is 1. The van der Waals surface area contributed by atoms with Crippen molar-refractivity contribution in [3.8, 4) is 0 Å². The van der Waals surface area contributed by atoms with Gasteiger partial charge in [-0.3, -0.25) is 19.7 Å². The molecule has 1 fully saturated rings. The first-order valence-electron chi connectivity index (χ1n) is 8.65. The summed E-state index contributed by atoms with van der Waals surface area (Å²) in [5, 5.41) is 3.14. The lowest BCUT2D eigenvalue weighted by Crippen LogP contribution is -2.53. The molecule has 1 saturated heterocycles. The second-order valence-electron chi connectivity index (χ2n) is 6.23. The predicted molar refractivity (Wildman–Crippen MR) is 93.0 cm³/mol. The van der Waals surface area contributed by atoms with Crippen LogP contribution in [0.5, 0.6) is 0 Å². The lowest BCUT2D eigenvalue weighted by atomic mass is 9.78. The summed E-state index contributed by atoms with van der Waals surface area (Å²) in [6.07, 6.45) is 0. The Labute approximate surface area is 153 Å². The van der Waals surface area contributed by atoms with Crippen molar-refractivity contribution < 1.29 is 28.6 Å². The van der Waals surface area contributed by atoms with Crippen molar-refractivity contribution in [3.05, 3.63) is 35.9 Å². The lowest BCUT2D eigenvalue weighted by molar-refractivity contribution is -0.165. The van der Waals surface area contributed by atoms with Gasteiger partial charge in [-0.25, -0.2) is 0 Å². The van der Waals surface area contributed by atoms with Gasteiger partial charge in [0.15, 0.2) is 0 Å². The molecule has 26 heavy (non-hydrogen) atoms. The number of ether oxygens (including phenoxy) is 3. The topological polar surface area (TPSA) is 90.9 Å². The summed E-state index contributed by atoms with van der Waals surface area (Å²) in [6.45, 7) is 5.22. The summed E-state index contributed by atoms with van der Waals surface area (Å²) in [6, 6.07) is 8.57. The summed E-state index contributed by atoms with van der Waals surface area (Å²) in [5.74, 6) is -3.81. The van der Waals surface area contributed by atoms with E-state index in [2.05, 4.69) is 5.32 Å². The molecule has 0 radical (unpaired) electrons. The number of hydrogen-bond acceptors (Lipinski definition) is 7. The Morgan fingerprint density at radius 1 is 1.04 bits per heavy atom. The Morgan fingerprint density at radius 2 is 1.62 bits per heavy atom. The molecule has 0 aromatic heterocycles. The zero-order valence-corrected chi connectivity index (χ0v) is 15.5. The maximum absolute atomic E-state index is 12.7. The van der Waals surface area contributed by atoms with Crippen LogP contribution in [0.1, 0.15) is 32.4 Å². The smallest absolute Gasteiger partial charge is 0.326 e. The molecule has 1 aliphatic rings. The molecule has 142 valence electrons. The molecule has 7 heteroatoms. The van der Waals surface area contributed by atoms with Gasteiger partial charge in [0, 0.05) is 6.04 Å². The number of carbonyl (C=O) groups excluding carboxylic acids is 3. The fourth-order valence-electron chi connectivity index (χ4n) is 3.53. The molecule has 1 aromatic rings. The molecule has 1 heterocycles. The van der Waals surface area contributed by atoms with Gasteiger partial charge in [-0.1, -0.05) is 30.3 Å². The Balaban J connectivity index is 2.56. The van der Waals surface area contributed by atoms with Crippen LogP contribution in [0.2, 0.25) is 0 Å². The maximum atomic E-state index is 12.7. The Morgan fingerprint density at radius 3 is 2.15 bits per heavy atom. The van der Waals surface area contributed by atoms with Crippen LogP contribution in [0.25, 0.3) is 0 Å². The number of benzene rings is 1. The molecule has 1 aromatic carbocycles. The highest BCUT2D eigenvalue weighted by atomic mass is 16.5. The van der Waals surface area contributed by atoms with Gasteiger partial charge in [0.25, 0.3) is 0 Å². The molecular weight excluding hydrogens is 338 g/mol. The molecule has 1 N–H and O–H groups in total. The first-order chi connectivity index (χ1) is 12.4. The molecular formula is C19H25NO6. The molecule has 0 bridgehead atoms. The first kappa shape index (κ1) is 19.9. The molecule has 7 nitrogen and oxygen atoms in total. The van der Waals surface area contributed by atoms with Crippen molar-refractivity contribution in [1.29, 1.82) is 0 Å². The summed E-state index contributed by atoms with van der Waals surface area (Å²) >= 11 is 0. The van der Waals surface area contributed by atoms with E-state index in [-0.39, 0.29) is 13.2 Å². The van der Waals surface area contributed by atoms with Gasteiger partial charge in [-0.05, 0) is 26.3 Å². The number of carbonyl (C=O) groups is 3. The van der Waals surface area contributed by atoms with Crippen LogP contribution in [-0.2, 0) is 28.6 Å². The fraction of sp³-hybridized carbons (Fsp3) is 0.526. The lowest BCUT2D eigenvalue weighted by Gasteiger charge is -2.28. The van der Waals surface area contributed by atoms with Crippen molar-refractivity contribution in [1.82, 2.24) is 5.32 Å². The van der Waals surface area contributed by atoms with Crippen molar-refractivity contribution in [2.45, 2.75) is 32.4 Å². The molecule has 0 saturated carbocycles. The third-order valence-corrected chi connectivity index (χ3v) is 4.66. The number of rotatable bonds is 6. The summed E-state index contributed by atoms with van der Waals surface area (Å²) in [5.41, 5.74) is -0.647. The highest BCUT2D eigenvalue weighted by Gasteiger charge is 2.62. The average molecular weight is 363 g/mol. The van der Waals surface area contributed by atoms with Gasteiger partial charge in [-0.2, -0.15) is 0 Å². The third-order valence-electron chi connectivity index (χ3n) is 4.66. The first-order valence-corrected chi connectivity index (χ1v) is 8.65. The van der Waals surface area contributed by atoms with E-state index < -0.39 is 41.3 Å². The van der Waals surface area contributed by atoms with Gasteiger partial charge >= 0.3 is 17.9 Å². The van der Waals surface area contributed by atoms with Crippen LogP contribution in [0, 0.1) is 11.8 Å². The third kappa shape index (κ3) is 3.58. The quantitative estimate of drug-likeness (QED) is 0.607. The second kappa shape index (κ2) is 8.31. The second-order valence-corrected chi connectivity index (χ2v) is 6.23. The van der Waals surface area contributed by atoms with Crippen LogP contribution in [0.3, 0.4) is 0 Å². The number of nitrogens with one attached hydrogen (secondary N) is 1. The number of methoxy groups -OCH3 is 1. The fourth-order valence-corrected chi connectivity index (χ4v) is 3.53. The monoisotopic (exact) mass is 363 g/mol. The van der Waals surface area contributed by atoms with Crippen molar-refractivity contribution >= 4 is 17.9 Å². The minimum Gasteiger partial charge on any atom is -0.468 e. The number of esters is 3. The summed E-state index contributed by atoms with van der Waals surface area (Å²) in [4.78, 5) is 37.9. The highest BCUT2D eigenvalue weighted by molar-refractivity contribution is 5.93. The van der Waals surface area contributed by atoms with Crippen molar-refractivity contribution in [2.75, 3.05) is 20.3 Å². The molecule has 0 aliphatic carbocycles. The predicted octanol–water partition coefficient (Wildman–Crippen LogP) is 1.62. The van der Waals surface area contributed by atoms with Crippen molar-refractivity contribution in [2.24, 2.45) is 11.8 Å². The van der Waals surface area contributed by atoms with Gasteiger partial charge < -0.3 is 14.2 Å². The van der Waals surface area contributed by atoms with Crippen molar-refractivity contribution in [3.63, 3.8) is 0 Å².